The van der Waals surface area contributed by atoms with Crippen molar-refractivity contribution < 1.29 is 0 Å². The number of nitrogens with zero attached hydrogens (tertiary/aromatic N) is 2. The smallest absolute Gasteiger partial charge is 0.139 e. The highest BCUT2D eigenvalue weighted by molar-refractivity contribution is 5.75. The predicted octanol–water partition coefficient (Wildman–Crippen LogP) is 3.45. The number of anilines is 1. The van der Waals surface area contributed by atoms with Gasteiger partial charge in [-0.3, -0.25) is 4.40 Å². The van der Waals surface area contributed by atoms with E-state index in [1.54, 1.807) is 0 Å². The van der Waals surface area contributed by atoms with Crippen LogP contribution in [-0.4, -0.2) is 9.38 Å². The van der Waals surface area contributed by atoms with E-state index < -0.39 is 0 Å². The molecule has 0 radical (unpaired) electrons. The Morgan fingerprint density at radius 1 is 1.11 bits per heavy atom. The van der Waals surface area contributed by atoms with Crippen LogP contribution in [0.4, 0.5) is 5.82 Å². The molecule has 0 aliphatic rings. The van der Waals surface area contributed by atoms with Crippen molar-refractivity contribution in [2.24, 2.45) is 0 Å². The number of aryl methyl sites for hydroxylation is 2. The monoisotopic (exact) mass is 251 g/mol. The number of nitrogens with two attached hydrogens (primary N) is 1. The third-order valence-corrected chi connectivity index (χ3v) is 3.51. The first-order valence-electron chi connectivity index (χ1n) is 6.53. The van der Waals surface area contributed by atoms with Gasteiger partial charge in [0.1, 0.15) is 17.2 Å². The van der Waals surface area contributed by atoms with Gasteiger partial charge in [-0.05, 0) is 31.0 Å². The van der Waals surface area contributed by atoms with Crippen LogP contribution in [0, 0.1) is 6.92 Å². The topological polar surface area (TPSA) is 43.3 Å². The summed E-state index contributed by atoms with van der Waals surface area (Å²) in [7, 11) is 0. The minimum Gasteiger partial charge on any atom is -0.383 e. The predicted molar refractivity (Wildman–Crippen MR) is 79.2 cm³/mol. The number of pyridine rings is 1. The van der Waals surface area contributed by atoms with Gasteiger partial charge in [0.25, 0.3) is 0 Å². The molecule has 0 amide bonds. The van der Waals surface area contributed by atoms with Crippen molar-refractivity contribution in [3.05, 3.63) is 53.7 Å². The third kappa shape index (κ3) is 1.87. The van der Waals surface area contributed by atoms with Gasteiger partial charge in [0.2, 0.25) is 0 Å². The Morgan fingerprint density at radius 2 is 1.84 bits per heavy atom. The normalized spacial score (nSPS) is 11.1. The first kappa shape index (κ1) is 11.8. The molecule has 3 nitrogen and oxygen atoms in total. The Bertz CT molecular complexity index is 724. The van der Waals surface area contributed by atoms with E-state index in [-0.39, 0.29) is 0 Å². The van der Waals surface area contributed by atoms with Crippen LogP contribution >= 0.6 is 0 Å². The van der Waals surface area contributed by atoms with Gasteiger partial charge in [-0.15, -0.1) is 0 Å². The van der Waals surface area contributed by atoms with Crippen molar-refractivity contribution in [1.82, 2.24) is 9.38 Å². The zero-order valence-electron chi connectivity index (χ0n) is 11.2. The Kier molecular flexibility index (Phi) is 2.75. The van der Waals surface area contributed by atoms with Gasteiger partial charge < -0.3 is 5.73 Å². The van der Waals surface area contributed by atoms with Crippen LogP contribution in [0.5, 0.6) is 0 Å². The molecule has 2 aromatic heterocycles. The number of imidazole rings is 1. The fraction of sp³-hybridized carbons (Fsp3) is 0.188. The van der Waals surface area contributed by atoms with Crippen LogP contribution in [0.25, 0.3) is 16.9 Å². The van der Waals surface area contributed by atoms with Crippen molar-refractivity contribution in [2.75, 3.05) is 5.73 Å². The highest BCUT2D eigenvalue weighted by Gasteiger charge is 2.12. The van der Waals surface area contributed by atoms with Crippen molar-refractivity contribution in [2.45, 2.75) is 20.3 Å². The number of hydrogen-bond donors (Lipinski definition) is 1. The summed E-state index contributed by atoms with van der Waals surface area (Å²) in [5.74, 6) is 0.706. The molecule has 0 saturated heterocycles. The Hall–Kier alpha value is -2.29. The maximum absolute atomic E-state index is 6.24. The molecule has 19 heavy (non-hydrogen) atoms. The summed E-state index contributed by atoms with van der Waals surface area (Å²) in [5, 5.41) is 0. The molecule has 0 fully saturated rings. The highest BCUT2D eigenvalue weighted by atomic mass is 15.1. The number of rotatable bonds is 2. The minimum atomic E-state index is 0.706. The van der Waals surface area contributed by atoms with Crippen molar-refractivity contribution in [3.8, 4) is 11.3 Å². The third-order valence-electron chi connectivity index (χ3n) is 3.51. The van der Waals surface area contributed by atoms with Crippen molar-refractivity contribution >= 4 is 11.5 Å². The molecule has 0 spiro atoms. The number of fused-ring (bicyclic) bond motifs is 1. The second kappa shape index (κ2) is 4.43. The van der Waals surface area contributed by atoms with Gasteiger partial charge in [0.15, 0.2) is 0 Å². The summed E-state index contributed by atoms with van der Waals surface area (Å²) in [5.41, 5.74) is 11.5. The molecule has 0 aliphatic heterocycles. The van der Waals surface area contributed by atoms with Crippen LogP contribution in [0.3, 0.4) is 0 Å². The minimum absolute atomic E-state index is 0.706. The standard InChI is InChI=1S/C16H17N3/c1-3-12-7-9-13(10-8-12)15-16(17)19-11(2)5-4-6-14(19)18-15/h4-10H,3,17H2,1-2H3. The van der Waals surface area contributed by atoms with Gasteiger partial charge in [0.05, 0.1) is 0 Å². The number of benzene rings is 1. The lowest BCUT2D eigenvalue weighted by Gasteiger charge is -2.03. The average molecular weight is 251 g/mol. The first-order valence-corrected chi connectivity index (χ1v) is 6.53. The molecular weight excluding hydrogens is 234 g/mol. The van der Waals surface area contributed by atoms with Crippen LogP contribution in [0.1, 0.15) is 18.2 Å². The second-order valence-electron chi connectivity index (χ2n) is 4.76. The first-order chi connectivity index (χ1) is 9.20. The van der Waals surface area contributed by atoms with Crippen molar-refractivity contribution in [3.63, 3.8) is 0 Å². The molecule has 0 atom stereocenters. The molecule has 0 aliphatic carbocycles. The Morgan fingerprint density at radius 3 is 2.47 bits per heavy atom. The maximum atomic E-state index is 6.24. The van der Waals surface area contributed by atoms with Gasteiger partial charge in [-0.1, -0.05) is 37.3 Å². The maximum Gasteiger partial charge on any atom is 0.139 e. The zero-order valence-corrected chi connectivity index (χ0v) is 11.2. The molecule has 2 N–H and O–H groups in total. The van der Waals surface area contributed by atoms with Crippen LogP contribution in [-0.2, 0) is 6.42 Å². The second-order valence-corrected chi connectivity index (χ2v) is 4.76. The van der Waals surface area contributed by atoms with Crippen molar-refractivity contribution in [1.29, 1.82) is 0 Å². The summed E-state index contributed by atoms with van der Waals surface area (Å²) < 4.78 is 1.99. The number of nitrogen functional groups attached to an aromatic ring is 1. The molecule has 3 rings (SSSR count). The quantitative estimate of drug-likeness (QED) is 0.758. The van der Waals surface area contributed by atoms with E-state index in [2.05, 4.69) is 36.2 Å². The van der Waals surface area contributed by atoms with Crippen LogP contribution in [0.15, 0.2) is 42.5 Å². The molecule has 0 bridgehead atoms. The average Bonchev–Trinajstić information content (AvgIpc) is 2.78. The van der Waals surface area contributed by atoms with E-state index in [0.29, 0.717) is 5.82 Å². The molecular formula is C16H17N3. The summed E-state index contributed by atoms with van der Waals surface area (Å²) >= 11 is 0. The van der Waals surface area contributed by atoms with E-state index in [9.17, 15) is 0 Å². The summed E-state index contributed by atoms with van der Waals surface area (Å²) in [6.45, 7) is 4.19. The summed E-state index contributed by atoms with van der Waals surface area (Å²) in [6.07, 6.45) is 1.04. The molecule has 3 aromatic rings. The fourth-order valence-corrected chi connectivity index (χ4v) is 2.39. The van der Waals surface area contributed by atoms with E-state index in [4.69, 9.17) is 5.73 Å². The lowest BCUT2D eigenvalue weighted by molar-refractivity contribution is 1.10. The largest absolute Gasteiger partial charge is 0.383 e. The fourth-order valence-electron chi connectivity index (χ4n) is 2.39. The van der Waals surface area contributed by atoms with Gasteiger partial charge in [-0.25, -0.2) is 4.98 Å². The number of aromatic nitrogens is 2. The Labute approximate surface area is 112 Å². The van der Waals surface area contributed by atoms with E-state index in [1.807, 2.05) is 29.5 Å². The lowest BCUT2D eigenvalue weighted by atomic mass is 10.1. The van der Waals surface area contributed by atoms with Crippen LogP contribution in [0.2, 0.25) is 0 Å². The number of hydrogen-bond acceptors (Lipinski definition) is 2. The SMILES string of the molecule is CCc1ccc(-c2nc3cccc(C)n3c2N)cc1. The van der Waals surface area contributed by atoms with Gasteiger partial charge >= 0.3 is 0 Å². The van der Waals surface area contributed by atoms with E-state index in [1.165, 1.54) is 5.56 Å². The Balaban J connectivity index is 2.19. The van der Waals surface area contributed by atoms with Crippen LogP contribution < -0.4 is 5.73 Å². The molecule has 0 saturated carbocycles. The molecule has 96 valence electrons. The summed E-state index contributed by atoms with van der Waals surface area (Å²) in [6, 6.07) is 14.5. The molecule has 1 aromatic carbocycles. The lowest BCUT2D eigenvalue weighted by Crippen LogP contribution is -1.97. The molecule has 0 unspecified atom stereocenters. The van der Waals surface area contributed by atoms with E-state index in [0.717, 1.165) is 29.0 Å². The van der Waals surface area contributed by atoms with Gasteiger partial charge in [0, 0.05) is 11.3 Å². The zero-order chi connectivity index (χ0) is 13.4. The van der Waals surface area contributed by atoms with Gasteiger partial charge in [-0.2, -0.15) is 0 Å². The highest BCUT2D eigenvalue weighted by Crippen LogP contribution is 2.27. The summed E-state index contributed by atoms with van der Waals surface area (Å²) in [4.78, 5) is 4.64. The molecule has 3 heteroatoms. The molecule has 2 heterocycles. The van der Waals surface area contributed by atoms with E-state index >= 15 is 0 Å².